The molecule has 2 rings (SSSR count). The Morgan fingerprint density at radius 3 is 2.35 bits per heavy atom. The van der Waals surface area contributed by atoms with E-state index in [1.807, 2.05) is 0 Å². The van der Waals surface area contributed by atoms with Crippen molar-refractivity contribution in [2.24, 2.45) is 0 Å². The van der Waals surface area contributed by atoms with Crippen molar-refractivity contribution in [3.63, 3.8) is 0 Å². The smallest absolute Gasteiger partial charge is 0.150 e. The molecule has 1 saturated carbocycles. The average Bonchev–Trinajstić information content (AvgIpc) is 2.35. The number of nitrogens with one attached hydrogen (secondary N) is 1. The zero-order valence-corrected chi connectivity index (χ0v) is 14.6. The van der Waals surface area contributed by atoms with Crippen LogP contribution in [0.5, 0.6) is 0 Å². The summed E-state index contributed by atoms with van der Waals surface area (Å²) in [5.41, 5.74) is 3.48. The van der Waals surface area contributed by atoms with Gasteiger partial charge in [-0.2, -0.15) is 0 Å². The second-order valence-electron chi connectivity index (χ2n) is 5.88. The summed E-state index contributed by atoms with van der Waals surface area (Å²) in [6.45, 7) is 4.14. The molecule has 0 aliphatic heterocycles. The average molecular weight is 360 g/mol. The highest BCUT2D eigenvalue weighted by Crippen LogP contribution is 2.29. The summed E-state index contributed by atoms with van der Waals surface area (Å²) in [7, 11) is -2.92. The summed E-state index contributed by atoms with van der Waals surface area (Å²) in [5, 5.41) is 3.32. The van der Waals surface area contributed by atoms with Crippen molar-refractivity contribution in [2.45, 2.75) is 50.8 Å². The van der Waals surface area contributed by atoms with Crippen molar-refractivity contribution in [2.75, 3.05) is 11.6 Å². The molecule has 1 N–H and O–H groups in total. The molecule has 0 saturated heterocycles. The maximum atomic E-state index is 11.7. The molecule has 0 bridgehead atoms. The Kier molecular flexibility index (Phi) is 4.80. The SMILES string of the molecule is Cc1cc(NC2CCCC(S(C)(=O)=O)C2)cc(C)c1Br. The van der Waals surface area contributed by atoms with Crippen molar-refractivity contribution < 1.29 is 8.42 Å². The van der Waals surface area contributed by atoms with E-state index in [1.54, 1.807) is 0 Å². The standard InChI is InChI=1S/C15H22BrNO2S/c1-10-7-13(8-11(2)15(10)16)17-12-5-4-6-14(9-12)20(3,18)19/h7-8,12,14,17H,4-6,9H2,1-3H3. The van der Waals surface area contributed by atoms with Gasteiger partial charge in [0.2, 0.25) is 0 Å². The van der Waals surface area contributed by atoms with Gasteiger partial charge in [0.05, 0.1) is 5.25 Å². The first-order valence-corrected chi connectivity index (χ1v) is 9.74. The molecular weight excluding hydrogens is 338 g/mol. The number of rotatable bonds is 3. The maximum absolute atomic E-state index is 11.7. The molecule has 5 heteroatoms. The van der Waals surface area contributed by atoms with Crippen LogP contribution in [0.15, 0.2) is 16.6 Å². The summed E-state index contributed by atoms with van der Waals surface area (Å²) in [4.78, 5) is 0. The summed E-state index contributed by atoms with van der Waals surface area (Å²) in [6, 6.07) is 4.48. The third kappa shape index (κ3) is 3.76. The van der Waals surface area contributed by atoms with Gasteiger partial charge in [-0.1, -0.05) is 22.4 Å². The van der Waals surface area contributed by atoms with Crippen LogP contribution in [0, 0.1) is 13.8 Å². The van der Waals surface area contributed by atoms with Gasteiger partial charge >= 0.3 is 0 Å². The molecule has 3 nitrogen and oxygen atoms in total. The fraction of sp³-hybridized carbons (Fsp3) is 0.600. The quantitative estimate of drug-likeness (QED) is 0.891. The maximum Gasteiger partial charge on any atom is 0.150 e. The van der Waals surface area contributed by atoms with Crippen molar-refractivity contribution in [1.82, 2.24) is 0 Å². The van der Waals surface area contributed by atoms with Gasteiger partial charge in [-0.25, -0.2) is 8.42 Å². The van der Waals surface area contributed by atoms with Crippen molar-refractivity contribution >= 4 is 31.5 Å². The molecule has 2 atom stereocenters. The lowest BCUT2D eigenvalue weighted by Crippen LogP contribution is -2.34. The van der Waals surface area contributed by atoms with Gasteiger partial charge in [-0.05, 0) is 56.4 Å². The number of benzene rings is 1. The second-order valence-corrected chi connectivity index (χ2v) is 9.00. The summed E-state index contributed by atoms with van der Waals surface area (Å²) in [6.07, 6.45) is 4.89. The first-order chi connectivity index (χ1) is 9.27. The largest absolute Gasteiger partial charge is 0.382 e. The molecule has 1 aromatic carbocycles. The van der Waals surface area contributed by atoms with E-state index < -0.39 is 9.84 Å². The van der Waals surface area contributed by atoms with Crippen LogP contribution < -0.4 is 5.32 Å². The number of aryl methyl sites for hydroxylation is 2. The van der Waals surface area contributed by atoms with Gasteiger partial charge in [-0.3, -0.25) is 0 Å². The first kappa shape index (κ1) is 15.8. The monoisotopic (exact) mass is 359 g/mol. The third-order valence-electron chi connectivity index (χ3n) is 4.04. The lowest BCUT2D eigenvalue weighted by atomic mass is 9.94. The highest BCUT2D eigenvalue weighted by molar-refractivity contribution is 9.10. The number of hydrogen-bond donors (Lipinski definition) is 1. The van der Waals surface area contributed by atoms with E-state index in [4.69, 9.17) is 0 Å². The normalized spacial score (nSPS) is 23.6. The van der Waals surface area contributed by atoms with Gasteiger partial charge in [0.1, 0.15) is 9.84 Å². The van der Waals surface area contributed by atoms with Crippen LogP contribution in [0.3, 0.4) is 0 Å². The van der Waals surface area contributed by atoms with E-state index in [9.17, 15) is 8.42 Å². The molecule has 1 aliphatic rings. The number of hydrogen-bond acceptors (Lipinski definition) is 3. The van der Waals surface area contributed by atoms with Crippen molar-refractivity contribution in [1.29, 1.82) is 0 Å². The van der Waals surface area contributed by atoms with Crippen LogP contribution in [-0.2, 0) is 9.84 Å². The van der Waals surface area contributed by atoms with Crippen molar-refractivity contribution in [3.8, 4) is 0 Å². The van der Waals surface area contributed by atoms with Crippen LogP contribution >= 0.6 is 15.9 Å². The van der Waals surface area contributed by atoms with E-state index in [-0.39, 0.29) is 11.3 Å². The van der Waals surface area contributed by atoms with Crippen molar-refractivity contribution in [3.05, 3.63) is 27.7 Å². The summed E-state index contributed by atoms with van der Waals surface area (Å²) in [5.74, 6) is 0. The second kappa shape index (κ2) is 6.06. The molecule has 20 heavy (non-hydrogen) atoms. The summed E-state index contributed by atoms with van der Waals surface area (Å²) >= 11 is 3.57. The van der Waals surface area contributed by atoms with Gasteiger partial charge < -0.3 is 5.32 Å². The Balaban J connectivity index is 2.10. The topological polar surface area (TPSA) is 46.2 Å². The zero-order chi connectivity index (χ0) is 14.9. The van der Waals surface area contributed by atoms with E-state index >= 15 is 0 Å². The van der Waals surface area contributed by atoms with Crippen LogP contribution in [0.2, 0.25) is 0 Å². The van der Waals surface area contributed by atoms with Gasteiger partial charge in [0.15, 0.2) is 0 Å². The lowest BCUT2D eigenvalue weighted by molar-refractivity contribution is 0.453. The predicted molar refractivity (Wildman–Crippen MR) is 88.1 cm³/mol. The van der Waals surface area contributed by atoms with Crippen LogP contribution in [-0.4, -0.2) is 26.0 Å². The van der Waals surface area contributed by atoms with Crippen LogP contribution in [0.1, 0.15) is 36.8 Å². The Morgan fingerprint density at radius 1 is 1.20 bits per heavy atom. The Labute approximate surface area is 130 Å². The van der Waals surface area contributed by atoms with E-state index in [0.717, 1.165) is 29.4 Å². The van der Waals surface area contributed by atoms with Gasteiger partial charge in [0, 0.05) is 22.5 Å². The molecule has 1 aromatic rings. The fourth-order valence-electron chi connectivity index (χ4n) is 2.93. The Bertz CT molecular complexity index is 575. The van der Waals surface area contributed by atoms with E-state index in [2.05, 4.69) is 47.2 Å². The predicted octanol–water partition coefficient (Wildman–Crippen LogP) is 3.83. The molecule has 0 radical (unpaired) electrons. The van der Waals surface area contributed by atoms with Gasteiger partial charge in [0.25, 0.3) is 0 Å². The molecule has 1 fully saturated rings. The molecule has 0 aromatic heterocycles. The molecule has 0 amide bonds. The fourth-order valence-corrected chi connectivity index (χ4v) is 4.34. The zero-order valence-electron chi connectivity index (χ0n) is 12.2. The number of sulfone groups is 1. The molecule has 112 valence electrons. The highest BCUT2D eigenvalue weighted by atomic mass is 79.9. The lowest BCUT2D eigenvalue weighted by Gasteiger charge is -2.29. The Morgan fingerprint density at radius 2 is 1.80 bits per heavy atom. The minimum absolute atomic E-state index is 0.189. The number of halogens is 1. The minimum atomic E-state index is -2.92. The highest BCUT2D eigenvalue weighted by Gasteiger charge is 2.28. The minimum Gasteiger partial charge on any atom is -0.382 e. The van der Waals surface area contributed by atoms with E-state index in [0.29, 0.717) is 6.42 Å². The van der Waals surface area contributed by atoms with E-state index in [1.165, 1.54) is 17.4 Å². The molecular formula is C15H22BrNO2S. The first-order valence-electron chi connectivity index (χ1n) is 6.99. The summed E-state index contributed by atoms with van der Waals surface area (Å²) < 4.78 is 24.5. The number of anilines is 1. The third-order valence-corrected chi connectivity index (χ3v) is 6.93. The molecule has 2 unspecified atom stereocenters. The van der Waals surface area contributed by atoms with Crippen LogP contribution in [0.25, 0.3) is 0 Å². The van der Waals surface area contributed by atoms with Gasteiger partial charge in [-0.15, -0.1) is 0 Å². The van der Waals surface area contributed by atoms with Crippen LogP contribution in [0.4, 0.5) is 5.69 Å². The molecule has 0 spiro atoms. The molecule has 0 heterocycles. The Hall–Kier alpha value is -0.550. The molecule has 1 aliphatic carbocycles.